The van der Waals surface area contributed by atoms with Crippen LogP contribution in [0.5, 0.6) is 0 Å². The summed E-state index contributed by atoms with van der Waals surface area (Å²) in [5.74, 6) is 0. The fraction of sp³-hybridized carbons (Fsp3) is 0.368. The Hall–Kier alpha value is -2.20. The number of nitrogens with zero attached hydrogens (tertiary/aromatic N) is 4. The highest BCUT2D eigenvalue weighted by atomic mass is 15.3. The largest absolute Gasteiger partial charge is 0.290 e. The third-order valence-electron chi connectivity index (χ3n) is 4.84. The van der Waals surface area contributed by atoms with Crippen molar-refractivity contribution in [3.05, 3.63) is 59.5 Å². The summed E-state index contributed by atoms with van der Waals surface area (Å²) < 4.78 is 2.00. The lowest BCUT2D eigenvalue weighted by molar-refractivity contribution is 0.239. The number of likely N-dealkylation sites (tertiary alicyclic amines) is 1. The maximum Gasteiger partial charge on any atom is 0.0702 e. The van der Waals surface area contributed by atoms with Gasteiger partial charge < -0.3 is 0 Å². The molecule has 1 fully saturated rings. The summed E-state index contributed by atoms with van der Waals surface area (Å²) >= 11 is 0. The van der Waals surface area contributed by atoms with Gasteiger partial charge >= 0.3 is 0 Å². The fourth-order valence-electron chi connectivity index (χ4n) is 3.68. The molecule has 1 saturated heterocycles. The van der Waals surface area contributed by atoms with Gasteiger partial charge in [0.2, 0.25) is 0 Å². The van der Waals surface area contributed by atoms with Crippen LogP contribution in [-0.2, 0) is 13.6 Å². The smallest absolute Gasteiger partial charge is 0.0702 e. The number of aryl methyl sites for hydroxylation is 2. The summed E-state index contributed by atoms with van der Waals surface area (Å²) in [4.78, 5) is 7.18. The summed E-state index contributed by atoms with van der Waals surface area (Å²) in [5, 5.41) is 5.57. The topological polar surface area (TPSA) is 34.0 Å². The van der Waals surface area contributed by atoms with Gasteiger partial charge in [-0.05, 0) is 56.1 Å². The van der Waals surface area contributed by atoms with Gasteiger partial charge in [-0.2, -0.15) is 5.10 Å². The normalized spacial score (nSPS) is 18.8. The van der Waals surface area contributed by atoms with Crippen molar-refractivity contribution >= 4 is 10.9 Å². The van der Waals surface area contributed by atoms with Crippen LogP contribution in [0.25, 0.3) is 10.9 Å². The molecular weight excluding hydrogens is 284 g/mol. The zero-order valence-electron chi connectivity index (χ0n) is 13.7. The predicted molar refractivity (Wildman–Crippen MR) is 92.1 cm³/mol. The second kappa shape index (κ2) is 5.78. The zero-order chi connectivity index (χ0) is 15.8. The molecule has 3 heterocycles. The maximum absolute atomic E-state index is 4.63. The minimum atomic E-state index is 0.468. The van der Waals surface area contributed by atoms with E-state index in [2.05, 4.69) is 52.2 Å². The quantitative estimate of drug-likeness (QED) is 0.741. The van der Waals surface area contributed by atoms with Crippen LogP contribution in [0.15, 0.2) is 42.7 Å². The molecule has 0 spiro atoms. The Morgan fingerprint density at radius 3 is 2.96 bits per heavy atom. The molecule has 0 N–H and O–H groups in total. The van der Waals surface area contributed by atoms with Crippen molar-refractivity contribution in [2.24, 2.45) is 7.05 Å². The first-order valence-corrected chi connectivity index (χ1v) is 8.28. The number of benzene rings is 1. The number of rotatable bonds is 3. The minimum Gasteiger partial charge on any atom is -0.290 e. The number of hydrogen-bond donors (Lipinski definition) is 0. The maximum atomic E-state index is 4.63. The van der Waals surface area contributed by atoms with Crippen molar-refractivity contribution in [2.75, 3.05) is 6.54 Å². The Morgan fingerprint density at radius 2 is 2.13 bits per heavy atom. The van der Waals surface area contributed by atoms with Crippen molar-refractivity contribution in [3.8, 4) is 0 Å². The van der Waals surface area contributed by atoms with Crippen molar-refractivity contribution in [1.82, 2.24) is 19.7 Å². The van der Waals surface area contributed by atoms with Crippen LogP contribution < -0.4 is 0 Å². The van der Waals surface area contributed by atoms with Gasteiger partial charge in [-0.25, -0.2) is 0 Å². The average molecular weight is 306 g/mol. The Kier molecular flexibility index (Phi) is 3.62. The molecule has 4 heteroatoms. The van der Waals surface area contributed by atoms with Gasteiger partial charge in [0.05, 0.1) is 17.3 Å². The van der Waals surface area contributed by atoms with Crippen molar-refractivity contribution in [1.29, 1.82) is 0 Å². The lowest BCUT2D eigenvalue weighted by atomic mass is 10.1. The number of aromatic nitrogens is 3. The molecule has 1 aliphatic heterocycles. The Balaban J connectivity index is 1.60. The molecule has 1 aromatic carbocycles. The van der Waals surface area contributed by atoms with Gasteiger partial charge in [0.25, 0.3) is 0 Å². The number of fused-ring (bicyclic) bond motifs is 1. The van der Waals surface area contributed by atoms with Gasteiger partial charge in [-0.15, -0.1) is 0 Å². The molecule has 0 aliphatic carbocycles. The highest BCUT2D eigenvalue weighted by Gasteiger charge is 2.27. The molecule has 3 aromatic rings. The molecule has 0 amide bonds. The first-order chi connectivity index (χ1) is 11.2. The molecule has 1 unspecified atom stereocenters. The van der Waals surface area contributed by atoms with E-state index in [1.165, 1.54) is 35.0 Å². The molecule has 2 aromatic heterocycles. The molecule has 4 nitrogen and oxygen atoms in total. The summed E-state index contributed by atoms with van der Waals surface area (Å²) in [7, 11) is 2.03. The van der Waals surface area contributed by atoms with Crippen LogP contribution >= 0.6 is 0 Å². The summed E-state index contributed by atoms with van der Waals surface area (Å²) in [6.07, 6.45) is 6.37. The van der Waals surface area contributed by atoms with Gasteiger partial charge in [0.15, 0.2) is 0 Å². The highest BCUT2D eigenvalue weighted by molar-refractivity contribution is 5.79. The summed E-state index contributed by atoms with van der Waals surface area (Å²) in [6, 6.07) is 11.3. The van der Waals surface area contributed by atoms with E-state index >= 15 is 0 Å². The van der Waals surface area contributed by atoms with Gasteiger partial charge in [0, 0.05) is 31.4 Å². The Bertz CT molecular complexity index is 836. The van der Waals surface area contributed by atoms with Crippen molar-refractivity contribution in [3.63, 3.8) is 0 Å². The molecule has 23 heavy (non-hydrogen) atoms. The molecule has 1 atom stereocenters. The number of hydrogen-bond acceptors (Lipinski definition) is 3. The van der Waals surface area contributed by atoms with E-state index in [0.29, 0.717) is 6.04 Å². The third kappa shape index (κ3) is 2.75. The second-order valence-corrected chi connectivity index (χ2v) is 6.55. The van der Waals surface area contributed by atoms with E-state index in [4.69, 9.17) is 0 Å². The number of pyridine rings is 1. The van der Waals surface area contributed by atoms with Gasteiger partial charge in [-0.3, -0.25) is 14.6 Å². The standard InChI is InChI=1S/C19H22N4/c1-14-5-6-17-16(10-14)11-15(12-20-17)13-23-9-3-4-19(23)18-7-8-21-22(18)2/h5-8,10-12,19H,3-4,9,13H2,1-2H3. The zero-order valence-corrected chi connectivity index (χ0v) is 13.7. The van der Waals surface area contributed by atoms with Crippen LogP contribution in [0.2, 0.25) is 0 Å². The van der Waals surface area contributed by atoms with Crippen molar-refractivity contribution < 1.29 is 0 Å². The van der Waals surface area contributed by atoms with Gasteiger partial charge in [-0.1, -0.05) is 11.6 Å². The van der Waals surface area contributed by atoms with E-state index in [9.17, 15) is 0 Å². The second-order valence-electron chi connectivity index (χ2n) is 6.55. The predicted octanol–water partition coefficient (Wildman–Crippen LogP) is 3.61. The van der Waals surface area contributed by atoms with E-state index in [1.54, 1.807) is 0 Å². The first-order valence-electron chi connectivity index (χ1n) is 8.28. The van der Waals surface area contributed by atoms with E-state index in [0.717, 1.165) is 18.6 Å². The molecule has 0 bridgehead atoms. The van der Waals surface area contributed by atoms with Crippen LogP contribution in [0.4, 0.5) is 0 Å². The Morgan fingerprint density at radius 1 is 1.22 bits per heavy atom. The molecule has 0 saturated carbocycles. The van der Waals surface area contributed by atoms with E-state index in [1.807, 2.05) is 24.1 Å². The van der Waals surface area contributed by atoms with Crippen LogP contribution in [0.1, 0.15) is 35.7 Å². The molecule has 118 valence electrons. The molecule has 4 rings (SSSR count). The minimum absolute atomic E-state index is 0.468. The molecule has 0 radical (unpaired) electrons. The highest BCUT2D eigenvalue weighted by Crippen LogP contribution is 2.32. The lowest BCUT2D eigenvalue weighted by Gasteiger charge is -2.24. The van der Waals surface area contributed by atoms with Crippen LogP contribution in [0.3, 0.4) is 0 Å². The van der Waals surface area contributed by atoms with E-state index in [-0.39, 0.29) is 0 Å². The lowest BCUT2D eigenvalue weighted by Crippen LogP contribution is -2.24. The van der Waals surface area contributed by atoms with Crippen LogP contribution in [-0.4, -0.2) is 26.2 Å². The van der Waals surface area contributed by atoms with Crippen molar-refractivity contribution in [2.45, 2.75) is 32.4 Å². The average Bonchev–Trinajstić information content (AvgIpc) is 3.15. The van der Waals surface area contributed by atoms with Gasteiger partial charge in [0.1, 0.15) is 0 Å². The first kappa shape index (κ1) is 14.4. The third-order valence-corrected chi connectivity index (χ3v) is 4.84. The summed E-state index contributed by atoms with van der Waals surface area (Å²) in [6.45, 7) is 4.22. The SMILES string of the molecule is Cc1ccc2ncc(CN3CCCC3c3ccnn3C)cc2c1. The summed E-state index contributed by atoms with van der Waals surface area (Å²) in [5.41, 5.74) is 4.96. The molecule has 1 aliphatic rings. The fourth-order valence-corrected chi connectivity index (χ4v) is 3.68. The monoisotopic (exact) mass is 306 g/mol. The van der Waals surface area contributed by atoms with E-state index < -0.39 is 0 Å². The Labute approximate surface area is 136 Å². The molecular formula is C19H22N4. The van der Waals surface area contributed by atoms with Crippen LogP contribution in [0, 0.1) is 6.92 Å².